The van der Waals surface area contributed by atoms with Crippen molar-refractivity contribution < 1.29 is 9.53 Å². The number of carbonyl (C=O) groups excluding carboxylic acids is 1. The molecule has 6 heteroatoms. The van der Waals surface area contributed by atoms with Crippen LogP contribution in [0.25, 0.3) is 11.3 Å². The second-order valence-electron chi connectivity index (χ2n) is 6.42. The van der Waals surface area contributed by atoms with E-state index in [0.717, 1.165) is 30.0 Å². The van der Waals surface area contributed by atoms with E-state index in [-0.39, 0.29) is 5.91 Å². The van der Waals surface area contributed by atoms with Gasteiger partial charge in [-0.2, -0.15) is 0 Å². The van der Waals surface area contributed by atoms with Crippen molar-refractivity contribution in [1.82, 2.24) is 14.9 Å². The SMILES string of the molecule is COc1ccc(-c2c[nH]c(NC(=O)CCCN3CCCCC3)n2)cc1. The van der Waals surface area contributed by atoms with Crippen molar-refractivity contribution in [2.75, 3.05) is 32.1 Å². The summed E-state index contributed by atoms with van der Waals surface area (Å²) in [7, 11) is 1.64. The normalized spacial score (nSPS) is 15.1. The molecule has 1 aliphatic heterocycles. The van der Waals surface area contributed by atoms with Crippen molar-refractivity contribution in [1.29, 1.82) is 0 Å². The number of methoxy groups -OCH3 is 1. The highest BCUT2D eigenvalue weighted by atomic mass is 16.5. The summed E-state index contributed by atoms with van der Waals surface area (Å²) >= 11 is 0. The van der Waals surface area contributed by atoms with Crippen LogP contribution in [0.1, 0.15) is 32.1 Å². The van der Waals surface area contributed by atoms with Gasteiger partial charge in [0.25, 0.3) is 0 Å². The molecule has 0 radical (unpaired) electrons. The molecule has 1 fully saturated rings. The van der Waals surface area contributed by atoms with Crippen molar-refractivity contribution in [3.63, 3.8) is 0 Å². The largest absolute Gasteiger partial charge is 0.497 e. The van der Waals surface area contributed by atoms with E-state index in [4.69, 9.17) is 4.74 Å². The summed E-state index contributed by atoms with van der Waals surface area (Å²) in [6.45, 7) is 3.35. The van der Waals surface area contributed by atoms with Gasteiger partial charge < -0.3 is 14.6 Å². The highest BCUT2D eigenvalue weighted by Gasteiger charge is 2.11. The van der Waals surface area contributed by atoms with Crippen LogP contribution in [0.15, 0.2) is 30.5 Å². The summed E-state index contributed by atoms with van der Waals surface area (Å²) in [5, 5.41) is 2.84. The van der Waals surface area contributed by atoms with E-state index < -0.39 is 0 Å². The molecule has 2 N–H and O–H groups in total. The predicted octanol–water partition coefficient (Wildman–Crippen LogP) is 3.29. The molecular formula is C19H26N4O2. The smallest absolute Gasteiger partial charge is 0.226 e. The second-order valence-corrected chi connectivity index (χ2v) is 6.42. The first-order valence-electron chi connectivity index (χ1n) is 8.96. The molecule has 1 amide bonds. The summed E-state index contributed by atoms with van der Waals surface area (Å²) in [5.41, 5.74) is 1.77. The lowest BCUT2D eigenvalue weighted by atomic mass is 10.1. The average molecular weight is 342 g/mol. The number of likely N-dealkylation sites (tertiary alicyclic amines) is 1. The van der Waals surface area contributed by atoms with E-state index in [1.165, 1.54) is 32.4 Å². The predicted molar refractivity (Wildman–Crippen MR) is 98.7 cm³/mol. The maximum absolute atomic E-state index is 12.1. The van der Waals surface area contributed by atoms with Gasteiger partial charge in [-0.1, -0.05) is 6.42 Å². The molecule has 0 bridgehead atoms. The zero-order valence-corrected chi connectivity index (χ0v) is 14.8. The van der Waals surface area contributed by atoms with E-state index >= 15 is 0 Å². The number of hydrogen-bond acceptors (Lipinski definition) is 4. The number of H-pyrrole nitrogens is 1. The molecule has 1 saturated heterocycles. The molecule has 0 saturated carbocycles. The third kappa shape index (κ3) is 5.06. The van der Waals surface area contributed by atoms with Crippen LogP contribution in [0.4, 0.5) is 5.95 Å². The van der Waals surface area contributed by atoms with Gasteiger partial charge in [-0.05, 0) is 63.2 Å². The maximum Gasteiger partial charge on any atom is 0.226 e. The Morgan fingerprint density at radius 1 is 1.24 bits per heavy atom. The molecule has 1 aliphatic rings. The number of aromatic amines is 1. The number of imidazole rings is 1. The van der Waals surface area contributed by atoms with Gasteiger partial charge >= 0.3 is 0 Å². The minimum Gasteiger partial charge on any atom is -0.497 e. The third-order valence-corrected chi connectivity index (χ3v) is 4.55. The molecule has 1 aromatic carbocycles. The lowest BCUT2D eigenvalue weighted by Gasteiger charge is -2.26. The van der Waals surface area contributed by atoms with Crippen molar-refractivity contribution >= 4 is 11.9 Å². The molecule has 0 atom stereocenters. The van der Waals surface area contributed by atoms with Gasteiger partial charge in [0.2, 0.25) is 11.9 Å². The number of aromatic nitrogens is 2. The Bertz CT molecular complexity index is 675. The van der Waals surface area contributed by atoms with E-state index in [0.29, 0.717) is 12.4 Å². The lowest BCUT2D eigenvalue weighted by Crippen LogP contribution is -2.31. The molecule has 0 spiro atoms. The van der Waals surface area contributed by atoms with Crippen LogP contribution in [-0.4, -0.2) is 47.5 Å². The molecular weight excluding hydrogens is 316 g/mol. The summed E-state index contributed by atoms with van der Waals surface area (Å²) < 4.78 is 5.16. The molecule has 25 heavy (non-hydrogen) atoms. The van der Waals surface area contributed by atoms with Gasteiger partial charge in [0, 0.05) is 18.2 Å². The lowest BCUT2D eigenvalue weighted by molar-refractivity contribution is -0.116. The van der Waals surface area contributed by atoms with Gasteiger partial charge in [-0.25, -0.2) is 4.98 Å². The number of piperidine rings is 1. The van der Waals surface area contributed by atoms with E-state index in [9.17, 15) is 4.79 Å². The molecule has 1 aromatic heterocycles. The van der Waals surface area contributed by atoms with Crippen molar-refractivity contribution in [2.45, 2.75) is 32.1 Å². The van der Waals surface area contributed by atoms with Crippen LogP contribution >= 0.6 is 0 Å². The molecule has 134 valence electrons. The van der Waals surface area contributed by atoms with Crippen molar-refractivity contribution in [3.05, 3.63) is 30.5 Å². The first kappa shape index (κ1) is 17.5. The number of anilines is 1. The summed E-state index contributed by atoms with van der Waals surface area (Å²) in [6, 6.07) is 7.67. The Balaban J connectivity index is 1.46. The number of amides is 1. The Kier molecular flexibility index (Phi) is 6.06. The number of nitrogens with one attached hydrogen (secondary N) is 2. The minimum absolute atomic E-state index is 0.00707. The summed E-state index contributed by atoms with van der Waals surface area (Å²) in [6.07, 6.45) is 7.11. The molecule has 3 rings (SSSR count). The Hall–Kier alpha value is -2.34. The van der Waals surface area contributed by atoms with Gasteiger partial charge in [0.1, 0.15) is 5.75 Å². The van der Waals surface area contributed by atoms with Crippen LogP contribution in [0.3, 0.4) is 0 Å². The zero-order chi connectivity index (χ0) is 17.5. The van der Waals surface area contributed by atoms with Gasteiger partial charge in [0.05, 0.1) is 12.8 Å². The fourth-order valence-electron chi connectivity index (χ4n) is 3.14. The standard InChI is InChI=1S/C19H26N4O2/c1-25-16-9-7-15(8-10-16)17-14-20-19(21-17)22-18(24)6-5-13-23-11-3-2-4-12-23/h7-10,14H,2-6,11-13H2,1H3,(H2,20,21,22,24). The maximum atomic E-state index is 12.1. The van der Waals surface area contributed by atoms with E-state index in [2.05, 4.69) is 20.2 Å². The average Bonchev–Trinajstić information content (AvgIpc) is 3.11. The first-order valence-corrected chi connectivity index (χ1v) is 8.96. The minimum atomic E-state index is 0.00707. The highest BCUT2D eigenvalue weighted by Crippen LogP contribution is 2.21. The number of benzene rings is 1. The van der Waals surface area contributed by atoms with E-state index in [1.54, 1.807) is 13.3 Å². The topological polar surface area (TPSA) is 70.2 Å². The number of hydrogen-bond donors (Lipinski definition) is 2. The van der Waals surface area contributed by atoms with Gasteiger partial charge in [0.15, 0.2) is 0 Å². The Morgan fingerprint density at radius 3 is 2.72 bits per heavy atom. The van der Waals surface area contributed by atoms with Crippen LogP contribution in [0, 0.1) is 0 Å². The Labute approximate surface area is 148 Å². The monoisotopic (exact) mass is 342 g/mol. The number of carbonyl (C=O) groups is 1. The quantitative estimate of drug-likeness (QED) is 0.810. The van der Waals surface area contributed by atoms with Crippen LogP contribution in [0.2, 0.25) is 0 Å². The van der Waals surface area contributed by atoms with Crippen molar-refractivity contribution in [2.24, 2.45) is 0 Å². The van der Waals surface area contributed by atoms with Gasteiger partial charge in [-0.15, -0.1) is 0 Å². The number of ether oxygens (including phenoxy) is 1. The van der Waals surface area contributed by atoms with Crippen molar-refractivity contribution in [3.8, 4) is 17.0 Å². The molecule has 0 unspecified atom stereocenters. The van der Waals surface area contributed by atoms with E-state index in [1.807, 2.05) is 24.3 Å². The molecule has 0 aliphatic carbocycles. The number of nitrogens with zero attached hydrogens (tertiary/aromatic N) is 2. The fraction of sp³-hybridized carbons (Fsp3) is 0.474. The van der Waals surface area contributed by atoms with Crippen LogP contribution in [0.5, 0.6) is 5.75 Å². The summed E-state index contributed by atoms with van der Waals surface area (Å²) in [5.74, 6) is 1.31. The fourth-order valence-corrected chi connectivity index (χ4v) is 3.14. The van der Waals surface area contributed by atoms with Gasteiger partial charge in [-0.3, -0.25) is 10.1 Å². The van der Waals surface area contributed by atoms with Crippen LogP contribution < -0.4 is 10.1 Å². The molecule has 2 aromatic rings. The first-order chi connectivity index (χ1) is 12.2. The van der Waals surface area contributed by atoms with Crippen LogP contribution in [-0.2, 0) is 4.79 Å². The number of rotatable bonds is 7. The molecule has 2 heterocycles. The Morgan fingerprint density at radius 2 is 2.00 bits per heavy atom. The zero-order valence-electron chi connectivity index (χ0n) is 14.8. The highest BCUT2D eigenvalue weighted by molar-refractivity contribution is 5.89. The molecule has 6 nitrogen and oxygen atoms in total. The summed E-state index contributed by atoms with van der Waals surface area (Å²) in [4.78, 5) is 22.0. The third-order valence-electron chi connectivity index (χ3n) is 4.55. The second kappa shape index (κ2) is 8.67.